The van der Waals surface area contributed by atoms with Gasteiger partial charge < -0.3 is 15.4 Å². The molecule has 0 aromatic rings. The minimum Gasteiger partial charge on any atom is -0.468 e. The molecule has 35 heavy (non-hydrogen) atoms. The number of hydrogen-bond donors (Lipinski definition) is 2. The summed E-state index contributed by atoms with van der Waals surface area (Å²) in [5.41, 5.74) is 0. The number of esters is 1. The molecule has 0 saturated carbocycles. The van der Waals surface area contributed by atoms with E-state index in [9.17, 15) is 9.59 Å². The molecule has 5 nitrogen and oxygen atoms in total. The van der Waals surface area contributed by atoms with Gasteiger partial charge in [0.15, 0.2) is 0 Å². The molecular weight excluding hydrogens is 436 g/mol. The highest BCUT2D eigenvalue weighted by atomic mass is 16.5. The van der Waals surface area contributed by atoms with Gasteiger partial charge in [0.1, 0.15) is 0 Å². The van der Waals surface area contributed by atoms with Gasteiger partial charge in [0, 0.05) is 32.4 Å². The third-order valence-electron chi connectivity index (χ3n) is 5.97. The summed E-state index contributed by atoms with van der Waals surface area (Å²) in [5, 5.41) is 5.78. The van der Waals surface area contributed by atoms with Crippen LogP contribution in [0.25, 0.3) is 0 Å². The first-order valence-corrected chi connectivity index (χ1v) is 14.2. The van der Waals surface area contributed by atoms with Crippen molar-refractivity contribution >= 4 is 11.9 Å². The first kappa shape index (κ1) is 33.0. The number of carbonyl (C=O) groups excluding carboxylic acids is 2. The van der Waals surface area contributed by atoms with Crippen LogP contribution in [0.5, 0.6) is 0 Å². The molecule has 0 unspecified atom stereocenters. The molecular formula is C30H52N2O3. The molecule has 0 spiro atoms. The molecule has 2 N–H and O–H groups in total. The molecule has 200 valence electrons. The Morgan fingerprint density at radius 3 is 1.66 bits per heavy atom. The molecule has 0 bridgehead atoms. The number of ether oxygens (including phenoxy) is 1. The van der Waals surface area contributed by atoms with Crippen LogP contribution in [0.15, 0.2) is 0 Å². The lowest BCUT2D eigenvalue weighted by Crippen LogP contribution is -2.34. The minimum atomic E-state index is -0.299. The summed E-state index contributed by atoms with van der Waals surface area (Å²) in [6, 6.07) is 0. The number of methoxy groups -OCH3 is 1. The quantitative estimate of drug-likeness (QED) is 0.101. The summed E-state index contributed by atoms with van der Waals surface area (Å²) >= 11 is 0. The fourth-order valence-corrected chi connectivity index (χ4v) is 3.76. The summed E-state index contributed by atoms with van der Waals surface area (Å²) in [6.45, 7) is 3.53. The van der Waals surface area contributed by atoms with Crippen LogP contribution in [-0.4, -0.2) is 38.6 Å². The van der Waals surface area contributed by atoms with Crippen molar-refractivity contribution in [2.45, 2.75) is 129 Å². The van der Waals surface area contributed by atoms with E-state index < -0.39 is 0 Å². The van der Waals surface area contributed by atoms with Gasteiger partial charge in [0.2, 0.25) is 5.91 Å². The van der Waals surface area contributed by atoms with E-state index in [1.54, 1.807) is 0 Å². The first-order valence-electron chi connectivity index (χ1n) is 14.2. The van der Waals surface area contributed by atoms with E-state index in [-0.39, 0.29) is 18.4 Å². The Kier molecular flexibility index (Phi) is 26.7. The normalized spacial score (nSPS) is 10.1. The molecule has 0 atom stereocenters. The monoisotopic (exact) mass is 488 g/mol. The highest BCUT2D eigenvalue weighted by Gasteiger charge is 2.01. The van der Waals surface area contributed by atoms with Crippen molar-refractivity contribution in [1.29, 1.82) is 0 Å². The van der Waals surface area contributed by atoms with E-state index in [0.717, 1.165) is 32.1 Å². The lowest BCUT2D eigenvalue weighted by Gasteiger charge is -2.06. The van der Waals surface area contributed by atoms with E-state index in [1.807, 2.05) is 0 Å². The lowest BCUT2D eigenvalue weighted by atomic mass is 10.1. The third-order valence-corrected chi connectivity index (χ3v) is 5.97. The van der Waals surface area contributed by atoms with Crippen LogP contribution in [0.3, 0.4) is 0 Å². The van der Waals surface area contributed by atoms with Gasteiger partial charge in [0.25, 0.3) is 0 Å². The molecule has 0 aromatic heterocycles. The van der Waals surface area contributed by atoms with Crippen LogP contribution in [-0.2, 0) is 14.3 Å². The third kappa shape index (κ3) is 28.1. The standard InChI is InChI=1S/C30H52N2O3/c1-3-4-5-6-7-8-9-10-11-12-13-14-15-16-17-18-19-20-21-22-23-24-25-29(33)32-27-26-31-28-30(34)35-2/h31H,3-13,18-28H2,1-2H3,(H,32,33). The van der Waals surface area contributed by atoms with E-state index in [4.69, 9.17) is 0 Å². The minimum absolute atomic E-state index is 0.0782. The van der Waals surface area contributed by atoms with Crippen LogP contribution >= 0.6 is 0 Å². The van der Waals surface area contributed by atoms with Gasteiger partial charge in [-0.2, -0.15) is 0 Å². The van der Waals surface area contributed by atoms with Gasteiger partial charge in [-0.05, 0) is 31.1 Å². The van der Waals surface area contributed by atoms with Crippen LogP contribution < -0.4 is 10.6 Å². The van der Waals surface area contributed by atoms with Crippen molar-refractivity contribution in [1.82, 2.24) is 10.6 Å². The van der Waals surface area contributed by atoms with Crippen molar-refractivity contribution in [3.8, 4) is 23.7 Å². The molecule has 0 aliphatic heterocycles. The molecule has 0 aliphatic carbocycles. The number of amides is 1. The zero-order chi connectivity index (χ0) is 25.7. The van der Waals surface area contributed by atoms with Crippen LogP contribution in [0.2, 0.25) is 0 Å². The zero-order valence-electron chi connectivity index (χ0n) is 22.8. The SMILES string of the molecule is CCCCCCCCCCCCC#CC#CCCCCCCCCC(=O)NCCNCC(=O)OC. The number of carbonyl (C=O) groups is 2. The average molecular weight is 489 g/mol. The van der Waals surface area contributed by atoms with Gasteiger partial charge in [0.05, 0.1) is 13.7 Å². The number of unbranched alkanes of at least 4 members (excludes halogenated alkanes) is 16. The number of nitrogens with one attached hydrogen (secondary N) is 2. The Morgan fingerprint density at radius 1 is 0.657 bits per heavy atom. The topological polar surface area (TPSA) is 67.4 Å². The Bertz CT molecular complexity index is 625. The van der Waals surface area contributed by atoms with Crippen molar-refractivity contribution in [3.63, 3.8) is 0 Å². The fourth-order valence-electron chi connectivity index (χ4n) is 3.76. The first-order chi connectivity index (χ1) is 17.2. The Morgan fingerprint density at radius 2 is 1.14 bits per heavy atom. The van der Waals surface area contributed by atoms with Crippen molar-refractivity contribution in [2.24, 2.45) is 0 Å². The van der Waals surface area contributed by atoms with Gasteiger partial charge in [-0.3, -0.25) is 9.59 Å². The summed E-state index contributed by atoms with van der Waals surface area (Å²) < 4.78 is 4.53. The molecule has 0 rings (SSSR count). The van der Waals surface area contributed by atoms with E-state index in [2.05, 4.69) is 46.0 Å². The Labute approximate surface area is 216 Å². The molecule has 0 fully saturated rings. The largest absolute Gasteiger partial charge is 0.468 e. The van der Waals surface area contributed by atoms with Crippen molar-refractivity contribution in [2.75, 3.05) is 26.7 Å². The number of hydrogen-bond acceptors (Lipinski definition) is 4. The second kappa shape index (κ2) is 28.3. The van der Waals surface area contributed by atoms with Crippen LogP contribution in [0.4, 0.5) is 0 Å². The second-order valence-electron chi connectivity index (χ2n) is 9.26. The molecule has 1 amide bonds. The lowest BCUT2D eigenvalue weighted by molar-refractivity contribution is -0.139. The molecule has 0 saturated heterocycles. The van der Waals surface area contributed by atoms with Gasteiger partial charge in [-0.15, -0.1) is 0 Å². The maximum absolute atomic E-state index is 11.7. The molecule has 0 radical (unpaired) electrons. The Balaban J connectivity index is 3.33. The van der Waals surface area contributed by atoms with Gasteiger partial charge in [-0.25, -0.2) is 0 Å². The average Bonchev–Trinajstić information content (AvgIpc) is 2.86. The smallest absolute Gasteiger partial charge is 0.319 e. The van der Waals surface area contributed by atoms with E-state index in [0.29, 0.717) is 19.5 Å². The second-order valence-corrected chi connectivity index (χ2v) is 9.26. The van der Waals surface area contributed by atoms with E-state index in [1.165, 1.54) is 90.6 Å². The Hall–Kier alpha value is -1.98. The number of rotatable bonds is 23. The molecule has 0 aliphatic rings. The summed E-state index contributed by atoms with van der Waals surface area (Å²) in [5.74, 6) is 12.1. The summed E-state index contributed by atoms with van der Waals surface area (Å²) in [6.07, 6.45) is 22.8. The predicted molar refractivity (Wildman–Crippen MR) is 147 cm³/mol. The fraction of sp³-hybridized carbons (Fsp3) is 0.800. The van der Waals surface area contributed by atoms with E-state index >= 15 is 0 Å². The van der Waals surface area contributed by atoms with Crippen LogP contribution in [0, 0.1) is 23.7 Å². The van der Waals surface area contributed by atoms with Crippen molar-refractivity contribution in [3.05, 3.63) is 0 Å². The molecule has 5 heteroatoms. The maximum atomic E-state index is 11.7. The van der Waals surface area contributed by atoms with Crippen molar-refractivity contribution < 1.29 is 14.3 Å². The van der Waals surface area contributed by atoms with Crippen LogP contribution in [0.1, 0.15) is 129 Å². The highest BCUT2D eigenvalue weighted by molar-refractivity contribution is 5.75. The van der Waals surface area contributed by atoms with Gasteiger partial charge in [-0.1, -0.05) is 102 Å². The maximum Gasteiger partial charge on any atom is 0.319 e. The van der Waals surface area contributed by atoms with Gasteiger partial charge >= 0.3 is 5.97 Å². The zero-order valence-corrected chi connectivity index (χ0v) is 22.8. The molecule has 0 aromatic carbocycles. The highest BCUT2D eigenvalue weighted by Crippen LogP contribution is 2.11. The summed E-state index contributed by atoms with van der Waals surface area (Å²) in [4.78, 5) is 22.7. The summed E-state index contributed by atoms with van der Waals surface area (Å²) in [7, 11) is 1.36. The predicted octanol–water partition coefficient (Wildman–Crippen LogP) is 6.30. The molecule has 0 heterocycles.